The van der Waals surface area contributed by atoms with Crippen LogP contribution in [-0.2, 0) is 9.53 Å². The van der Waals surface area contributed by atoms with Gasteiger partial charge >= 0.3 is 0 Å². The Morgan fingerprint density at radius 3 is 2.71 bits per heavy atom. The minimum absolute atomic E-state index is 0.0609. The average molecular weight is 294 g/mol. The lowest BCUT2D eigenvalue weighted by Crippen LogP contribution is -2.48. The molecule has 3 unspecified atom stereocenters. The molecule has 1 N–H and O–H groups in total. The predicted molar refractivity (Wildman–Crippen MR) is 83.1 cm³/mol. The van der Waals surface area contributed by atoms with E-state index in [0.29, 0.717) is 11.9 Å². The van der Waals surface area contributed by atoms with Crippen LogP contribution in [-0.4, -0.2) is 48.7 Å². The van der Waals surface area contributed by atoms with Crippen molar-refractivity contribution in [3.8, 4) is 0 Å². The molecular weight excluding hydrogens is 264 g/mol. The molecule has 120 valence electrons. The Kier molecular flexibility index (Phi) is 5.17. The van der Waals surface area contributed by atoms with E-state index in [2.05, 4.69) is 17.1 Å². The molecule has 21 heavy (non-hydrogen) atoms. The van der Waals surface area contributed by atoms with E-state index in [1.807, 2.05) is 0 Å². The average Bonchev–Trinajstić information content (AvgIpc) is 3.25. The molecule has 4 heteroatoms. The third-order valence-electron chi connectivity index (χ3n) is 5.17. The molecule has 4 nitrogen and oxygen atoms in total. The minimum Gasteiger partial charge on any atom is -0.376 e. The summed E-state index contributed by atoms with van der Waals surface area (Å²) in [4.78, 5) is 14.9. The topological polar surface area (TPSA) is 41.6 Å². The first-order valence-electron chi connectivity index (χ1n) is 8.94. The fourth-order valence-corrected chi connectivity index (χ4v) is 3.82. The molecule has 1 amide bonds. The van der Waals surface area contributed by atoms with Crippen molar-refractivity contribution in [2.45, 2.75) is 76.5 Å². The van der Waals surface area contributed by atoms with Crippen LogP contribution in [0.4, 0.5) is 0 Å². The van der Waals surface area contributed by atoms with Gasteiger partial charge in [-0.2, -0.15) is 0 Å². The summed E-state index contributed by atoms with van der Waals surface area (Å²) in [7, 11) is 0. The SMILES string of the molecule is CCCN(CC1CCCCO1)C(=O)C1CCC(C2CC2)N1. The third-order valence-corrected chi connectivity index (χ3v) is 5.17. The van der Waals surface area contributed by atoms with E-state index in [0.717, 1.165) is 44.9 Å². The molecule has 1 aliphatic carbocycles. The molecule has 3 rings (SSSR count). The van der Waals surface area contributed by atoms with Crippen LogP contribution < -0.4 is 5.32 Å². The quantitative estimate of drug-likeness (QED) is 0.817. The molecule has 0 bridgehead atoms. The standard InChI is InChI=1S/C17H30N2O2/c1-2-10-19(12-14-5-3-4-11-21-14)17(20)16-9-8-15(18-16)13-6-7-13/h13-16,18H,2-12H2,1H3. The summed E-state index contributed by atoms with van der Waals surface area (Å²) in [6.45, 7) is 4.67. The summed E-state index contributed by atoms with van der Waals surface area (Å²) in [5, 5.41) is 3.60. The summed E-state index contributed by atoms with van der Waals surface area (Å²) < 4.78 is 5.82. The molecular formula is C17H30N2O2. The number of hydrogen-bond acceptors (Lipinski definition) is 3. The van der Waals surface area contributed by atoms with Crippen LogP contribution in [0.2, 0.25) is 0 Å². The first-order valence-corrected chi connectivity index (χ1v) is 8.94. The molecule has 2 aliphatic heterocycles. The summed E-state index contributed by atoms with van der Waals surface area (Å²) in [6, 6.07) is 0.666. The molecule has 0 spiro atoms. The largest absolute Gasteiger partial charge is 0.376 e. The number of carbonyl (C=O) groups excluding carboxylic acids is 1. The van der Waals surface area contributed by atoms with Crippen LogP contribution >= 0.6 is 0 Å². The van der Waals surface area contributed by atoms with Crippen molar-refractivity contribution in [3.05, 3.63) is 0 Å². The lowest BCUT2D eigenvalue weighted by Gasteiger charge is -2.31. The maximum absolute atomic E-state index is 12.8. The number of rotatable bonds is 6. The lowest BCUT2D eigenvalue weighted by atomic mass is 10.1. The van der Waals surface area contributed by atoms with Gasteiger partial charge in [0, 0.05) is 25.7 Å². The minimum atomic E-state index is 0.0609. The van der Waals surface area contributed by atoms with Crippen LogP contribution in [0, 0.1) is 5.92 Å². The molecule has 3 aliphatic rings. The van der Waals surface area contributed by atoms with Crippen molar-refractivity contribution in [3.63, 3.8) is 0 Å². The van der Waals surface area contributed by atoms with E-state index in [-0.39, 0.29) is 12.1 Å². The Bertz CT molecular complexity index is 351. The van der Waals surface area contributed by atoms with E-state index in [1.54, 1.807) is 0 Å². The van der Waals surface area contributed by atoms with Gasteiger partial charge in [0.2, 0.25) is 5.91 Å². The number of hydrogen-bond donors (Lipinski definition) is 1. The molecule has 1 saturated carbocycles. The summed E-state index contributed by atoms with van der Waals surface area (Å²) >= 11 is 0. The molecule has 3 atom stereocenters. The van der Waals surface area contributed by atoms with Crippen LogP contribution in [0.3, 0.4) is 0 Å². The number of nitrogens with zero attached hydrogens (tertiary/aromatic N) is 1. The van der Waals surface area contributed by atoms with E-state index in [4.69, 9.17) is 4.74 Å². The Labute approximate surface area is 128 Å². The highest BCUT2D eigenvalue weighted by Gasteiger charge is 2.39. The smallest absolute Gasteiger partial charge is 0.239 e. The number of amides is 1. The van der Waals surface area contributed by atoms with Crippen LogP contribution in [0.25, 0.3) is 0 Å². The summed E-state index contributed by atoms with van der Waals surface area (Å²) in [5.74, 6) is 1.17. The van der Waals surface area contributed by atoms with E-state index >= 15 is 0 Å². The Balaban J connectivity index is 1.53. The van der Waals surface area contributed by atoms with Gasteiger partial charge < -0.3 is 15.0 Å². The van der Waals surface area contributed by atoms with Gasteiger partial charge in [-0.05, 0) is 57.3 Å². The highest BCUT2D eigenvalue weighted by atomic mass is 16.5. The molecule has 2 heterocycles. The van der Waals surface area contributed by atoms with E-state index in [1.165, 1.54) is 32.1 Å². The molecule has 0 aromatic rings. The second kappa shape index (κ2) is 7.10. The number of carbonyl (C=O) groups is 1. The predicted octanol–water partition coefficient (Wildman–Crippen LogP) is 2.32. The maximum Gasteiger partial charge on any atom is 0.239 e. The van der Waals surface area contributed by atoms with Gasteiger partial charge in [0.15, 0.2) is 0 Å². The Morgan fingerprint density at radius 2 is 2.05 bits per heavy atom. The Hall–Kier alpha value is -0.610. The second-order valence-electron chi connectivity index (χ2n) is 7.01. The zero-order valence-corrected chi connectivity index (χ0v) is 13.4. The highest BCUT2D eigenvalue weighted by molar-refractivity contribution is 5.82. The number of nitrogens with one attached hydrogen (secondary N) is 1. The van der Waals surface area contributed by atoms with Crippen LogP contribution in [0.15, 0.2) is 0 Å². The summed E-state index contributed by atoms with van der Waals surface area (Å²) in [6.07, 6.45) is 9.71. The van der Waals surface area contributed by atoms with Gasteiger partial charge in [-0.15, -0.1) is 0 Å². The normalized spacial score (nSPS) is 33.1. The van der Waals surface area contributed by atoms with Gasteiger partial charge in [-0.3, -0.25) is 4.79 Å². The van der Waals surface area contributed by atoms with Crippen molar-refractivity contribution in [1.29, 1.82) is 0 Å². The van der Waals surface area contributed by atoms with Crippen LogP contribution in [0.5, 0.6) is 0 Å². The monoisotopic (exact) mass is 294 g/mol. The van der Waals surface area contributed by atoms with Gasteiger partial charge in [0.1, 0.15) is 0 Å². The van der Waals surface area contributed by atoms with Crippen molar-refractivity contribution < 1.29 is 9.53 Å². The lowest BCUT2D eigenvalue weighted by molar-refractivity contribution is -0.135. The Morgan fingerprint density at radius 1 is 1.19 bits per heavy atom. The highest BCUT2D eigenvalue weighted by Crippen LogP contribution is 2.37. The van der Waals surface area contributed by atoms with E-state index in [9.17, 15) is 4.79 Å². The number of ether oxygens (including phenoxy) is 1. The van der Waals surface area contributed by atoms with Crippen LogP contribution in [0.1, 0.15) is 58.3 Å². The second-order valence-corrected chi connectivity index (χ2v) is 7.01. The van der Waals surface area contributed by atoms with Gasteiger partial charge in [0.05, 0.1) is 12.1 Å². The molecule has 3 fully saturated rings. The van der Waals surface area contributed by atoms with Gasteiger partial charge in [0.25, 0.3) is 0 Å². The third kappa shape index (κ3) is 3.98. The zero-order valence-electron chi connectivity index (χ0n) is 13.4. The van der Waals surface area contributed by atoms with E-state index < -0.39 is 0 Å². The molecule has 0 radical (unpaired) electrons. The van der Waals surface area contributed by atoms with Gasteiger partial charge in [-0.1, -0.05) is 6.92 Å². The van der Waals surface area contributed by atoms with Crippen molar-refractivity contribution in [1.82, 2.24) is 10.2 Å². The van der Waals surface area contributed by atoms with Crippen molar-refractivity contribution >= 4 is 5.91 Å². The fourth-order valence-electron chi connectivity index (χ4n) is 3.82. The maximum atomic E-state index is 12.8. The molecule has 2 saturated heterocycles. The van der Waals surface area contributed by atoms with Gasteiger partial charge in [-0.25, -0.2) is 0 Å². The van der Waals surface area contributed by atoms with Crippen molar-refractivity contribution in [2.75, 3.05) is 19.7 Å². The van der Waals surface area contributed by atoms with Crippen molar-refractivity contribution in [2.24, 2.45) is 5.92 Å². The fraction of sp³-hybridized carbons (Fsp3) is 0.941. The first-order chi connectivity index (χ1) is 10.3. The zero-order chi connectivity index (χ0) is 14.7. The molecule has 0 aromatic heterocycles. The summed E-state index contributed by atoms with van der Waals surface area (Å²) in [5.41, 5.74) is 0. The molecule has 0 aromatic carbocycles. The first kappa shape index (κ1) is 15.3.